The van der Waals surface area contributed by atoms with E-state index in [1.807, 2.05) is 72.8 Å². The highest BCUT2D eigenvalue weighted by Crippen LogP contribution is 2.37. The number of carbonyl (C=O) groups is 2. The van der Waals surface area contributed by atoms with Crippen molar-refractivity contribution < 1.29 is 9.59 Å². The van der Waals surface area contributed by atoms with Crippen LogP contribution >= 0.6 is 46.8 Å². The van der Waals surface area contributed by atoms with Crippen LogP contribution in [0, 0.1) is 0 Å². The second-order valence-electron chi connectivity index (χ2n) is 6.10. The second-order valence-corrected chi connectivity index (χ2v) is 9.14. The fourth-order valence-electron chi connectivity index (χ4n) is 3.11. The third kappa shape index (κ3) is 3.70. The molecule has 4 aromatic carbocycles. The second kappa shape index (κ2) is 8.25. The topological polar surface area (TPSA) is 34.1 Å². The van der Waals surface area contributed by atoms with Crippen LogP contribution in [0.5, 0.6) is 0 Å². The number of rotatable bonds is 2. The summed E-state index contributed by atoms with van der Waals surface area (Å²) in [6.07, 6.45) is 0. The van der Waals surface area contributed by atoms with Gasteiger partial charge in [-0.15, -0.1) is 25.3 Å². The molecule has 0 amide bonds. The first-order valence-electron chi connectivity index (χ1n) is 8.41. The summed E-state index contributed by atoms with van der Waals surface area (Å²) in [5, 5.41) is 3.21. The van der Waals surface area contributed by atoms with E-state index in [1.165, 1.54) is 0 Å². The van der Waals surface area contributed by atoms with Crippen LogP contribution in [0.4, 0.5) is 0 Å². The van der Waals surface area contributed by atoms with E-state index in [1.54, 1.807) is 0 Å². The maximum absolute atomic E-state index is 12.9. The van der Waals surface area contributed by atoms with Crippen molar-refractivity contribution in [1.82, 2.24) is 0 Å². The van der Waals surface area contributed by atoms with Gasteiger partial charge < -0.3 is 0 Å². The largest absolute Gasteiger partial charge is 0.281 e. The number of fused-ring (bicyclic) bond motifs is 2. The molecule has 0 aromatic heterocycles. The van der Waals surface area contributed by atoms with Gasteiger partial charge in [-0.1, -0.05) is 60.7 Å². The molecular weight excluding hydrogens is 425 g/mol. The molecule has 4 aromatic rings. The summed E-state index contributed by atoms with van der Waals surface area (Å²) in [4.78, 5) is 27.0. The summed E-state index contributed by atoms with van der Waals surface area (Å²) in [5.41, 5.74) is 1.05. The van der Waals surface area contributed by atoms with Gasteiger partial charge in [-0.25, -0.2) is 0 Å². The van der Waals surface area contributed by atoms with Crippen LogP contribution in [0.25, 0.3) is 21.5 Å². The van der Waals surface area contributed by atoms with Crippen molar-refractivity contribution in [3.05, 3.63) is 83.9 Å². The van der Waals surface area contributed by atoms with Crippen LogP contribution in [0.2, 0.25) is 0 Å². The van der Waals surface area contributed by atoms with Gasteiger partial charge >= 0.3 is 0 Å². The number of hydrogen-bond donors (Lipinski definition) is 2. The molecule has 0 fully saturated rings. The lowest BCUT2D eigenvalue weighted by atomic mass is 10.1. The standard InChI is InChI=1S/C22H14O2S4/c23-21(19-15-7-3-1-5-13(15)9-11-17(19)25)27-28-22(24)20-16-8-4-2-6-14(16)10-12-18(20)26/h1-12,25-26H. The van der Waals surface area contributed by atoms with E-state index in [9.17, 15) is 9.59 Å². The number of carbonyl (C=O) groups excluding carboxylic acids is 2. The summed E-state index contributed by atoms with van der Waals surface area (Å²) in [6.45, 7) is 0. The highest BCUT2D eigenvalue weighted by molar-refractivity contribution is 8.87. The van der Waals surface area contributed by atoms with Crippen LogP contribution in [-0.4, -0.2) is 10.2 Å². The number of benzene rings is 4. The van der Waals surface area contributed by atoms with Gasteiger partial charge in [0, 0.05) is 9.79 Å². The van der Waals surface area contributed by atoms with Gasteiger partial charge in [-0.05, 0) is 55.3 Å². The minimum Gasteiger partial charge on any atom is -0.281 e. The minimum absolute atomic E-state index is 0.193. The van der Waals surface area contributed by atoms with Crippen molar-refractivity contribution in [1.29, 1.82) is 0 Å². The van der Waals surface area contributed by atoms with Crippen molar-refractivity contribution in [3.63, 3.8) is 0 Å². The molecule has 0 spiro atoms. The number of thiol groups is 2. The lowest BCUT2D eigenvalue weighted by Crippen LogP contribution is -1.99. The Bertz CT molecular complexity index is 1140. The molecule has 0 aliphatic heterocycles. The van der Waals surface area contributed by atoms with Crippen molar-refractivity contribution in [3.8, 4) is 0 Å². The Kier molecular flexibility index (Phi) is 5.73. The Hall–Kier alpha value is -1.86. The van der Waals surface area contributed by atoms with E-state index < -0.39 is 0 Å². The SMILES string of the molecule is O=C(SSC(=O)c1c(S)ccc2ccccc12)c1c(S)ccc2ccccc12. The molecule has 0 heterocycles. The molecule has 0 saturated heterocycles. The number of hydrogen-bond acceptors (Lipinski definition) is 6. The van der Waals surface area contributed by atoms with Crippen molar-refractivity contribution in [2.24, 2.45) is 0 Å². The van der Waals surface area contributed by atoms with Gasteiger partial charge in [-0.2, -0.15) is 0 Å². The first-order valence-corrected chi connectivity index (χ1v) is 11.5. The quantitative estimate of drug-likeness (QED) is 0.263. The Morgan fingerprint density at radius 1 is 0.571 bits per heavy atom. The Labute approximate surface area is 181 Å². The highest BCUT2D eigenvalue weighted by atomic mass is 33.1. The third-order valence-corrected chi connectivity index (χ3v) is 7.11. The zero-order chi connectivity index (χ0) is 19.7. The van der Waals surface area contributed by atoms with Gasteiger partial charge in [-0.3, -0.25) is 9.59 Å². The van der Waals surface area contributed by atoms with Crippen molar-refractivity contribution >= 4 is 78.6 Å². The molecule has 28 heavy (non-hydrogen) atoms. The first kappa shape index (κ1) is 19.5. The van der Waals surface area contributed by atoms with Crippen LogP contribution in [0.15, 0.2) is 82.6 Å². The molecule has 0 saturated carbocycles. The van der Waals surface area contributed by atoms with Crippen LogP contribution in [0.1, 0.15) is 20.7 Å². The Morgan fingerprint density at radius 2 is 0.964 bits per heavy atom. The Balaban J connectivity index is 1.63. The fraction of sp³-hybridized carbons (Fsp3) is 0. The van der Waals surface area contributed by atoms with Gasteiger partial charge in [0.1, 0.15) is 0 Å². The summed E-state index contributed by atoms with van der Waals surface area (Å²) in [5.74, 6) is 0. The molecule has 0 radical (unpaired) electrons. The molecule has 0 N–H and O–H groups in total. The molecule has 138 valence electrons. The molecule has 0 unspecified atom stereocenters. The molecule has 0 atom stereocenters. The molecule has 0 aliphatic carbocycles. The van der Waals surface area contributed by atoms with E-state index >= 15 is 0 Å². The first-order chi connectivity index (χ1) is 13.6. The van der Waals surface area contributed by atoms with E-state index in [2.05, 4.69) is 25.3 Å². The van der Waals surface area contributed by atoms with E-state index in [4.69, 9.17) is 0 Å². The average molecular weight is 439 g/mol. The summed E-state index contributed by atoms with van der Waals surface area (Å²) in [7, 11) is 1.85. The maximum atomic E-state index is 12.9. The van der Waals surface area contributed by atoms with Crippen LogP contribution in [-0.2, 0) is 0 Å². The lowest BCUT2D eigenvalue weighted by molar-refractivity contribution is 0.107. The third-order valence-electron chi connectivity index (χ3n) is 4.42. The zero-order valence-electron chi connectivity index (χ0n) is 14.5. The van der Waals surface area contributed by atoms with Crippen molar-refractivity contribution in [2.45, 2.75) is 9.79 Å². The van der Waals surface area contributed by atoms with Crippen LogP contribution < -0.4 is 0 Å². The highest BCUT2D eigenvalue weighted by Gasteiger charge is 2.20. The van der Waals surface area contributed by atoms with Gasteiger partial charge in [0.05, 0.1) is 11.1 Å². The van der Waals surface area contributed by atoms with E-state index in [0.29, 0.717) is 20.9 Å². The van der Waals surface area contributed by atoms with Crippen molar-refractivity contribution in [2.75, 3.05) is 0 Å². The molecule has 2 nitrogen and oxygen atoms in total. The average Bonchev–Trinajstić information content (AvgIpc) is 2.71. The Morgan fingerprint density at radius 3 is 1.39 bits per heavy atom. The predicted molar refractivity (Wildman–Crippen MR) is 126 cm³/mol. The predicted octanol–water partition coefficient (Wildman–Crippen LogP) is 6.93. The molecular formula is C22H14O2S4. The fourth-order valence-corrected chi connectivity index (χ4v) is 5.56. The summed E-state index contributed by atoms with van der Waals surface area (Å²) >= 11 is 8.90. The normalized spacial score (nSPS) is 11.1. The van der Waals surface area contributed by atoms with Gasteiger partial charge in [0.15, 0.2) is 0 Å². The lowest BCUT2D eigenvalue weighted by Gasteiger charge is -2.10. The van der Waals surface area contributed by atoms with Gasteiger partial charge in [0.2, 0.25) is 10.2 Å². The molecule has 0 bridgehead atoms. The molecule has 4 rings (SSSR count). The minimum atomic E-state index is -0.193. The smallest absolute Gasteiger partial charge is 0.232 e. The summed E-state index contributed by atoms with van der Waals surface area (Å²) < 4.78 is 0. The van der Waals surface area contributed by atoms with Gasteiger partial charge in [0.25, 0.3) is 0 Å². The van der Waals surface area contributed by atoms with E-state index in [-0.39, 0.29) is 10.2 Å². The summed E-state index contributed by atoms with van der Waals surface area (Å²) in [6, 6.07) is 22.8. The van der Waals surface area contributed by atoms with E-state index in [0.717, 1.165) is 43.1 Å². The zero-order valence-corrected chi connectivity index (χ0v) is 17.9. The van der Waals surface area contributed by atoms with Crippen LogP contribution in [0.3, 0.4) is 0 Å². The monoisotopic (exact) mass is 438 g/mol. The maximum Gasteiger partial charge on any atom is 0.232 e. The molecule has 6 heteroatoms. The molecule has 0 aliphatic rings.